The van der Waals surface area contributed by atoms with Gasteiger partial charge in [0.25, 0.3) is 17.1 Å². The number of nitro groups is 3. The predicted octanol–water partition coefficient (Wildman–Crippen LogP) is 13.7. The van der Waals surface area contributed by atoms with Gasteiger partial charge in [-0.15, -0.1) is 0 Å². The van der Waals surface area contributed by atoms with E-state index >= 15 is 0 Å². The molecule has 0 fully saturated rings. The molecule has 0 amide bonds. The van der Waals surface area contributed by atoms with E-state index in [1.807, 2.05) is 60.7 Å². The molecule has 0 spiro atoms. The Morgan fingerprint density at radius 2 is 0.890 bits per heavy atom. The van der Waals surface area contributed by atoms with Crippen LogP contribution >= 0.6 is 15.9 Å². The topological polar surface area (TPSA) is 188 Å². The zero-order chi connectivity index (χ0) is 51.4. The summed E-state index contributed by atoms with van der Waals surface area (Å²) in [5, 5.41) is 35.8. The van der Waals surface area contributed by atoms with E-state index in [4.69, 9.17) is 5.73 Å². The molecule has 0 bridgehead atoms. The van der Waals surface area contributed by atoms with Gasteiger partial charge >= 0.3 is 0 Å². The van der Waals surface area contributed by atoms with E-state index in [9.17, 15) is 30.3 Å². The fourth-order valence-electron chi connectivity index (χ4n) is 9.46. The Kier molecular flexibility index (Phi) is 16.7. The average Bonchev–Trinajstić information content (AvgIpc) is 3.43. The predicted molar refractivity (Wildman–Crippen MR) is 294 cm³/mol. The number of fused-ring (bicyclic) bond motifs is 4. The number of pyridine rings is 2. The molecule has 73 heavy (non-hydrogen) atoms. The standard InChI is InChI=1S/C17H18N2O2.C17H20N2.C15H10N2O2.C9H5BrN2O2/c1-2-18-11-10-15-14(13-6-4-3-5-7-13)8-9-17(19(20)21)16(15)12-18;1-2-19-11-10-15-14(13-6-4-3-5-7-13)8-9-17(18)16(15)12-19;18-17(19)15-7-6-12(11-4-2-1-3-5-11)13-8-9-16-10-14(13)15;10-8-1-2-9(12(13)14)7-5-11-4-3-6(7)8/h3-9H,2,10-12H2,1H3;3-9H,2,10-12,18H2,1H3;1-10H;1-5H. The lowest BCUT2D eigenvalue weighted by Gasteiger charge is -2.30. The third-order valence-electron chi connectivity index (χ3n) is 13.3. The van der Waals surface area contributed by atoms with E-state index in [0.29, 0.717) is 17.3 Å². The third-order valence-corrected chi connectivity index (χ3v) is 14.0. The minimum atomic E-state index is -0.406. The quantitative estimate of drug-likeness (QED) is 0.0866. The van der Waals surface area contributed by atoms with Gasteiger partial charge in [0.1, 0.15) is 0 Å². The van der Waals surface area contributed by atoms with Crippen molar-refractivity contribution in [3.05, 3.63) is 234 Å². The van der Waals surface area contributed by atoms with Crippen molar-refractivity contribution in [1.29, 1.82) is 0 Å². The number of benzene rings is 7. The zero-order valence-corrected chi connectivity index (χ0v) is 42.0. The van der Waals surface area contributed by atoms with Gasteiger partial charge in [-0.05, 0) is 118 Å². The Labute approximate surface area is 431 Å². The first-order valence-electron chi connectivity index (χ1n) is 23.9. The van der Waals surface area contributed by atoms with Crippen LogP contribution in [0, 0.1) is 30.3 Å². The first-order chi connectivity index (χ1) is 35.5. The molecular formula is C58H53BrN8O6. The highest BCUT2D eigenvalue weighted by Gasteiger charge is 2.27. The van der Waals surface area contributed by atoms with E-state index in [2.05, 4.69) is 104 Å². The van der Waals surface area contributed by atoms with Crippen molar-refractivity contribution in [2.75, 3.05) is 31.9 Å². The van der Waals surface area contributed by atoms with Crippen molar-refractivity contribution in [2.24, 2.45) is 0 Å². The van der Waals surface area contributed by atoms with Gasteiger partial charge in [-0.25, -0.2) is 0 Å². The van der Waals surface area contributed by atoms with Crippen molar-refractivity contribution >= 4 is 60.2 Å². The number of anilines is 1. The molecule has 368 valence electrons. The monoisotopic (exact) mass is 1040 g/mol. The SMILES string of the molecule is CCN1CCc2c(-c3ccccc3)ccc(N)c2C1.CCN1CCc2c(-c3ccccc3)ccc([N+](=O)[O-])c2C1.O=[N+]([O-])c1ccc(-c2ccccc2)c2ccncc12.O=[N+]([O-])c1ccc(Br)c2ccncc12. The van der Waals surface area contributed by atoms with Gasteiger partial charge in [-0.2, -0.15) is 0 Å². The van der Waals surface area contributed by atoms with E-state index in [-0.39, 0.29) is 26.9 Å². The van der Waals surface area contributed by atoms with Gasteiger partial charge in [0.05, 0.1) is 25.5 Å². The van der Waals surface area contributed by atoms with Gasteiger partial charge in [0, 0.05) is 90.3 Å². The molecule has 0 aliphatic carbocycles. The van der Waals surface area contributed by atoms with Crippen LogP contribution in [0.25, 0.3) is 54.9 Å². The number of likely N-dealkylation sites (N-methyl/N-ethyl adjacent to an activating group) is 2. The number of halogens is 1. The van der Waals surface area contributed by atoms with Crippen molar-refractivity contribution in [2.45, 2.75) is 39.8 Å². The molecule has 14 nitrogen and oxygen atoms in total. The zero-order valence-electron chi connectivity index (χ0n) is 40.4. The Morgan fingerprint density at radius 1 is 0.479 bits per heavy atom. The highest BCUT2D eigenvalue weighted by Crippen LogP contribution is 2.38. The van der Waals surface area contributed by atoms with E-state index in [0.717, 1.165) is 99.9 Å². The van der Waals surface area contributed by atoms with Gasteiger partial charge < -0.3 is 5.73 Å². The molecule has 0 radical (unpaired) electrons. The Balaban J connectivity index is 0.000000131. The Hall–Kier alpha value is -8.24. The molecule has 2 aromatic heterocycles. The molecule has 0 atom stereocenters. The van der Waals surface area contributed by atoms with Crippen LogP contribution in [-0.2, 0) is 25.9 Å². The van der Waals surface area contributed by atoms with E-state index in [1.54, 1.807) is 42.9 Å². The van der Waals surface area contributed by atoms with Gasteiger partial charge in [-0.1, -0.05) is 127 Å². The second-order valence-corrected chi connectivity index (χ2v) is 18.3. The number of hydrogen-bond donors (Lipinski definition) is 1. The van der Waals surface area contributed by atoms with Crippen molar-refractivity contribution in [1.82, 2.24) is 19.8 Å². The van der Waals surface area contributed by atoms with Crippen LogP contribution in [0.15, 0.2) is 181 Å². The lowest BCUT2D eigenvalue weighted by molar-refractivity contribution is -0.385. The summed E-state index contributed by atoms with van der Waals surface area (Å²) in [7, 11) is 0. The first-order valence-corrected chi connectivity index (χ1v) is 24.7. The van der Waals surface area contributed by atoms with Crippen LogP contribution in [0.4, 0.5) is 22.7 Å². The molecule has 7 aromatic carbocycles. The summed E-state index contributed by atoms with van der Waals surface area (Å²) < 4.78 is 0.834. The van der Waals surface area contributed by atoms with Crippen LogP contribution in [-0.4, -0.2) is 60.7 Å². The maximum atomic E-state index is 11.3. The molecule has 2 N–H and O–H groups in total. The summed E-state index contributed by atoms with van der Waals surface area (Å²) in [6.45, 7) is 10.1. The summed E-state index contributed by atoms with van der Waals surface area (Å²) >= 11 is 3.33. The smallest absolute Gasteiger partial charge is 0.278 e. The van der Waals surface area contributed by atoms with E-state index in [1.165, 1.54) is 40.6 Å². The number of rotatable bonds is 8. The summed E-state index contributed by atoms with van der Waals surface area (Å²) in [6, 6.07) is 48.3. The van der Waals surface area contributed by atoms with Crippen LogP contribution < -0.4 is 5.73 Å². The van der Waals surface area contributed by atoms with Gasteiger partial charge in [0.15, 0.2) is 0 Å². The highest BCUT2D eigenvalue weighted by molar-refractivity contribution is 9.10. The number of non-ortho nitro benzene ring substituents is 2. The number of nitrogen functional groups attached to an aromatic ring is 1. The van der Waals surface area contributed by atoms with Crippen molar-refractivity contribution in [3.8, 4) is 33.4 Å². The second-order valence-electron chi connectivity index (χ2n) is 17.4. The van der Waals surface area contributed by atoms with Crippen molar-refractivity contribution < 1.29 is 14.8 Å². The molecule has 9 aromatic rings. The molecule has 4 heterocycles. The van der Waals surface area contributed by atoms with Crippen molar-refractivity contribution in [3.63, 3.8) is 0 Å². The molecule has 0 unspecified atom stereocenters. The van der Waals surface area contributed by atoms with Gasteiger partial charge in [-0.3, -0.25) is 50.1 Å². The molecule has 2 aliphatic heterocycles. The lowest BCUT2D eigenvalue weighted by atomic mass is 9.89. The maximum Gasteiger partial charge on any atom is 0.278 e. The summed E-state index contributed by atoms with van der Waals surface area (Å²) in [4.78, 5) is 44.6. The number of hydrogen-bond acceptors (Lipinski definition) is 11. The normalized spacial score (nSPS) is 12.9. The van der Waals surface area contributed by atoms with Crippen LogP contribution in [0.3, 0.4) is 0 Å². The molecule has 0 saturated carbocycles. The molecule has 15 heteroatoms. The highest BCUT2D eigenvalue weighted by atomic mass is 79.9. The number of nitrogens with two attached hydrogens (primary N) is 1. The second kappa shape index (κ2) is 23.8. The number of nitrogens with zero attached hydrogens (tertiary/aromatic N) is 7. The van der Waals surface area contributed by atoms with Gasteiger partial charge in [0.2, 0.25) is 0 Å². The summed E-state index contributed by atoms with van der Waals surface area (Å²) in [5.74, 6) is 0. The maximum absolute atomic E-state index is 11.3. The van der Waals surface area contributed by atoms with Crippen LogP contribution in [0.2, 0.25) is 0 Å². The molecular weight excluding hydrogens is 985 g/mol. The number of aromatic nitrogens is 2. The molecule has 11 rings (SSSR count). The summed E-state index contributed by atoms with van der Waals surface area (Å²) in [5.41, 5.74) is 19.2. The average molecular weight is 1040 g/mol. The minimum Gasteiger partial charge on any atom is -0.398 e. The fourth-order valence-corrected chi connectivity index (χ4v) is 9.94. The number of nitro benzene ring substituents is 3. The molecule has 0 saturated heterocycles. The van der Waals surface area contributed by atoms with Crippen LogP contribution in [0.5, 0.6) is 0 Å². The Bertz CT molecular complexity index is 3420. The third kappa shape index (κ3) is 11.8. The first kappa shape index (κ1) is 51.1. The molecule has 2 aliphatic rings. The fraction of sp³-hybridized carbons (Fsp3) is 0.172. The van der Waals surface area contributed by atoms with Crippen LogP contribution in [0.1, 0.15) is 36.1 Å². The minimum absolute atomic E-state index is 0.0799. The summed E-state index contributed by atoms with van der Waals surface area (Å²) in [6.07, 6.45) is 8.26. The van der Waals surface area contributed by atoms with E-state index < -0.39 is 4.92 Å². The largest absolute Gasteiger partial charge is 0.398 e. The lowest BCUT2D eigenvalue weighted by Crippen LogP contribution is -2.31. The Morgan fingerprint density at radius 3 is 1.40 bits per heavy atom.